The van der Waals surface area contributed by atoms with Gasteiger partial charge in [-0.3, -0.25) is 4.79 Å². The van der Waals surface area contributed by atoms with Crippen LogP contribution in [0.25, 0.3) is 10.2 Å². The Morgan fingerprint density at radius 2 is 2.26 bits per heavy atom. The zero-order valence-corrected chi connectivity index (χ0v) is 12.1. The predicted octanol–water partition coefficient (Wildman–Crippen LogP) is 3.01. The maximum absolute atomic E-state index is 11.8. The van der Waals surface area contributed by atoms with Gasteiger partial charge in [-0.25, -0.2) is 4.98 Å². The van der Waals surface area contributed by atoms with Crippen molar-refractivity contribution in [1.82, 2.24) is 10.3 Å². The Morgan fingerprint density at radius 1 is 1.42 bits per heavy atom. The predicted molar refractivity (Wildman–Crippen MR) is 80.6 cm³/mol. The van der Waals surface area contributed by atoms with E-state index in [0.29, 0.717) is 12.5 Å². The van der Waals surface area contributed by atoms with Crippen LogP contribution < -0.4 is 10.6 Å². The van der Waals surface area contributed by atoms with Crippen molar-refractivity contribution in [2.45, 2.75) is 32.7 Å². The second-order valence-electron chi connectivity index (χ2n) is 4.80. The van der Waals surface area contributed by atoms with Crippen LogP contribution in [0.2, 0.25) is 0 Å². The number of carbonyl (C=O) groups excluding carboxylic acids is 1. The van der Waals surface area contributed by atoms with Crippen LogP contribution >= 0.6 is 11.3 Å². The molecule has 102 valence electrons. The average molecular weight is 277 g/mol. The van der Waals surface area contributed by atoms with Crippen molar-refractivity contribution in [1.29, 1.82) is 0 Å². The number of carbonyl (C=O) groups is 1. The van der Waals surface area contributed by atoms with E-state index in [4.69, 9.17) is 0 Å². The summed E-state index contributed by atoms with van der Waals surface area (Å²) in [4.78, 5) is 16.0. The highest BCUT2D eigenvalue weighted by molar-refractivity contribution is 7.16. The second-order valence-corrected chi connectivity index (χ2v) is 5.68. The van der Waals surface area contributed by atoms with Crippen molar-refractivity contribution in [3.05, 3.63) is 23.7 Å². The Bertz CT molecular complexity index is 550. The molecule has 1 heterocycles. The molecule has 1 amide bonds. The molecule has 0 saturated heterocycles. The molecule has 0 radical (unpaired) electrons. The van der Waals surface area contributed by atoms with Crippen molar-refractivity contribution in [2.24, 2.45) is 0 Å². The summed E-state index contributed by atoms with van der Waals surface area (Å²) in [5.74, 6) is 0.0643. The van der Waals surface area contributed by atoms with Crippen LogP contribution in [-0.2, 0) is 4.79 Å². The lowest BCUT2D eigenvalue weighted by Crippen LogP contribution is -2.24. The summed E-state index contributed by atoms with van der Waals surface area (Å²) in [6.45, 7) is 5.08. The van der Waals surface area contributed by atoms with Crippen LogP contribution in [0.3, 0.4) is 0 Å². The molecule has 1 aromatic heterocycles. The number of anilines is 1. The van der Waals surface area contributed by atoms with Gasteiger partial charge in [0.05, 0.1) is 15.7 Å². The van der Waals surface area contributed by atoms with Crippen LogP contribution in [-0.4, -0.2) is 23.5 Å². The lowest BCUT2D eigenvalue weighted by atomic mass is 10.2. The van der Waals surface area contributed by atoms with Gasteiger partial charge >= 0.3 is 0 Å². The van der Waals surface area contributed by atoms with Crippen LogP contribution in [0.15, 0.2) is 23.7 Å². The van der Waals surface area contributed by atoms with Crippen molar-refractivity contribution >= 4 is 33.1 Å². The SMILES string of the molecule is CC(C)NCCCC(=O)Nc1ccc2ncsc2c1. The molecule has 5 heteroatoms. The summed E-state index contributed by atoms with van der Waals surface area (Å²) >= 11 is 1.58. The zero-order valence-electron chi connectivity index (χ0n) is 11.3. The molecule has 0 fully saturated rings. The molecule has 2 rings (SSSR count). The van der Waals surface area contributed by atoms with Crippen molar-refractivity contribution < 1.29 is 4.79 Å². The van der Waals surface area contributed by atoms with E-state index in [2.05, 4.69) is 29.5 Å². The number of amides is 1. The van der Waals surface area contributed by atoms with E-state index in [1.165, 1.54) is 0 Å². The molecule has 0 spiro atoms. The summed E-state index contributed by atoms with van der Waals surface area (Å²) in [6, 6.07) is 6.27. The van der Waals surface area contributed by atoms with Gasteiger partial charge < -0.3 is 10.6 Å². The molecular formula is C14H19N3OS. The van der Waals surface area contributed by atoms with E-state index in [1.54, 1.807) is 11.3 Å². The van der Waals surface area contributed by atoms with E-state index >= 15 is 0 Å². The molecule has 2 aromatic rings. The number of thiazole rings is 1. The minimum atomic E-state index is 0.0643. The number of fused-ring (bicyclic) bond motifs is 1. The third-order valence-corrected chi connectivity index (χ3v) is 3.54. The van der Waals surface area contributed by atoms with Crippen molar-refractivity contribution in [3.63, 3.8) is 0 Å². The fraction of sp³-hybridized carbons (Fsp3) is 0.429. The zero-order chi connectivity index (χ0) is 13.7. The molecule has 0 aliphatic rings. The highest BCUT2D eigenvalue weighted by atomic mass is 32.1. The van der Waals surface area contributed by atoms with Gasteiger partial charge in [0, 0.05) is 18.2 Å². The number of nitrogens with one attached hydrogen (secondary N) is 2. The minimum Gasteiger partial charge on any atom is -0.326 e. The van der Waals surface area contributed by atoms with Gasteiger partial charge in [0.25, 0.3) is 0 Å². The Balaban J connectivity index is 1.81. The number of hydrogen-bond donors (Lipinski definition) is 2. The summed E-state index contributed by atoms with van der Waals surface area (Å²) < 4.78 is 1.10. The summed E-state index contributed by atoms with van der Waals surface area (Å²) in [5, 5.41) is 6.22. The van der Waals surface area contributed by atoms with Gasteiger partial charge in [0.1, 0.15) is 0 Å². The largest absolute Gasteiger partial charge is 0.326 e. The molecule has 4 nitrogen and oxygen atoms in total. The Morgan fingerprint density at radius 3 is 3.05 bits per heavy atom. The van der Waals surface area contributed by atoms with Crippen LogP contribution in [0.4, 0.5) is 5.69 Å². The number of benzene rings is 1. The molecule has 0 atom stereocenters. The number of rotatable bonds is 6. The number of hydrogen-bond acceptors (Lipinski definition) is 4. The van der Waals surface area contributed by atoms with E-state index < -0.39 is 0 Å². The Labute approximate surface area is 117 Å². The highest BCUT2D eigenvalue weighted by Gasteiger charge is 2.04. The van der Waals surface area contributed by atoms with Crippen molar-refractivity contribution in [2.75, 3.05) is 11.9 Å². The van der Waals surface area contributed by atoms with E-state index in [0.717, 1.165) is 28.9 Å². The molecule has 0 unspecified atom stereocenters. The number of nitrogens with zero attached hydrogens (tertiary/aromatic N) is 1. The molecule has 2 N–H and O–H groups in total. The topological polar surface area (TPSA) is 54.0 Å². The fourth-order valence-electron chi connectivity index (χ4n) is 1.80. The van der Waals surface area contributed by atoms with E-state index in [-0.39, 0.29) is 5.91 Å². The third-order valence-electron chi connectivity index (χ3n) is 2.75. The van der Waals surface area contributed by atoms with Gasteiger partial charge in [-0.15, -0.1) is 11.3 Å². The van der Waals surface area contributed by atoms with Gasteiger partial charge in [-0.1, -0.05) is 13.8 Å². The molecule has 0 bridgehead atoms. The van der Waals surface area contributed by atoms with E-state index in [1.807, 2.05) is 23.7 Å². The lowest BCUT2D eigenvalue weighted by Gasteiger charge is -2.08. The summed E-state index contributed by atoms with van der Waals surface area (Å²) in [6.07, 6.45) is 1.40. The second kappa shape index (κ2) is 6.63. The first kappa shape index (κ1) is 14.0. The maximum Gasteiger partial charge on any atom is 0.224 e. The molecule has 0 aliphatic carbocycles. The van der Waals surface area contributed by atoms with Gasteiger partial charge in [-0.2, -0.15) is 0 Å². The van der Waals surface area contributed by atoms with Gasteiger partial charge in [0.15, 0.2) is 0 Å². The standard InChI is InChI=1S/C14H19N3OS/c1-10(2)15-7-3-4-14(18)17-11-5-6-12-13(8-11)19-9-16-12/h5-6,8-10,15H,3-4,7H2,1-2H3,(H,17,18). The normalized spacial score (nSPS) is 11.1. The first-order valence-corrected chi connectivity index (χ1v) is 7.39. The molecular weight excluding hydrogens is 258 g/mol. The highest BCUT2D eigenvalue weighted by Crippen LogP contribution is 2.21. The molecule has 0 aliphatic heterocycles. The smallest absolute Gasteiger partial charge is 0.224 e. The minimum absolute atomic E-state index is 0.0643. The molecule has 1 aromatic carbocycles. The fourth-order valence-corrected chi connectivity index (χ4v) is 2.51. The van der Waals surface area contributed by atoms with Gasteiger partial charge in [0.2, 0.25) is 5.91 Å². The third kappa shape index (κ3) is 4.29. The first-order chi connectivity index (χ1) is 9.15. The summed E-state index contributed by atoms with van der Waals surface area (Å²) in [7, 11) is 0. The molecule has 0 saturated carbocycles. The van der Waals surface area contributed by atoms with E-state index in [9.17, 15) is 4.79 Å². The Kier molecular flexibility index (Phi) is 4.87. The average Bonchev–Trinajstić information content (AvgIpc) is 2.82. The quantitative estimate of drug-likeness (QED) is 0.798. The van der Waals surface area contributed by atoms with Gasteiger partial charge in [-0.05, 0) is 31.2 Å². The summed E-state index contributed by atoms with van der Waals surface area (Å²) in [5.41, 5.74) is 3.64. The monoisotopic (exact) mass is 277 g/mol. The van der Waals surface area contributed by atoms with Crippen LogP contribution in [0.1, 0.15) is 26.7 Å². The number of aromatic nitrogens is 1. The van der Waals surface area contributed by atoms with Crippen LogP contribution in [0, 0.1) is 0 Å². The molecule has 19 heavy (non-hydrogen) atoms. The maximum atomic E-state index is 11.8. The van der Waals surface area contributed by atoms with Crippen molar-refractivity contribution in [3.8, 4) is 0 Å². The lowest BCUT2D eigenvalue weighted by molar-refractivity contribution is -0.116. The first-order valence-electron chi connectivity index (χ1n) is 6.51. The Hall–Kier alpha value is -1.46. The van der Waals surface area contributed by atoms with Crippen LogP contribution in [0.5, 0.6) is 0 Å².